The Morgan fingerprint density at radius 1 is 0.762 bits per heavy atom. The Balaban J connectivity index is 1.95. The molecule has 0 aliphatic carbocycles. The molecule has 0 aromatic rings. The molecule has 0 saturated carbocycles. The second-order valence-corrected chi connectivity index (χ2v) is 8.99. The minimum absolute atomic E-state index is 0.816. The zero-order valence-electron chi connectivity index (χ0n) is 14.4. The zero-order valence-corrected chi connectivity index (χ0v) is 16.0. The molecule has 21 heavy (non-hydrogen) atoms. The molecular formula is C19H36S2. The summed E-state index contributed by atoms with van der Waals surface area (Å²) in [5, 5.41) is 0.816. The second-order valence-electron chi connectivity index (χ2n) is 6.43. The molecule has 1 aliphatic rings. The van der Waals surface area contributed by atoms with Crippen LogP contribution in [0, 0.1) is 0 Å². The molecule has 0 nitrogen and oxygen atoms in total. The van der Waals surface area contributed by atoms with Crippen LogP contribution < -0.4 is 0 Å². The highest BCUT2D eigenvalue weighted by Crippen LogP contribution is 2.45. The topological polar surface area (TPSA) is 0 Å². The summed E-state index contributed by atoms with van der Waals surface area (Å²) in [5.41, 5.74) is 0. The summed E-state index contributed by atoms with van der Waals surface area (Å²) in [6.45, 7) is 4.59. The lowest BCUT2D eigenvalue weighted by Crippen LogP contribution is -1.93. The van der Waals surface area contributed by atoms with E-state index in [9.17, 15) is 0 Å². The summed E-state index contributed by atoms with van der Waals surface area (Å²) in [4.78, 5) is 1.67. The van der Waals surface area contributed by atoms with Crippen LogP contribution in [-0.4, -0.2) is 5.25 Å². The van der Waals surface area contributed by atoms with Crippen molar-refractivity contribution in [2.24, 2.45) is 0 Å². The third-order valence-corrected chi connectivity index (χ3v) is 7.21. The fraction of sp³-hybridized carbons (Fsp3) is 0.895. The van der Waals surface area contributed by atoms with Crippen molar-refractivity contribution in [1.82, 2.24) is 0 Å². The van der Waals surface area contributed by atoms with Crippen molar-refractivity contribution in [2.75, 3.05) is 0 Å². The fourth-order valence-corrected chi connectivity index (χ4v) is 5.73. The van der Waals surface area contributed by atoms with Crippen LogP contribution in [0.2, 0.25) is 0 Å². The van der Waals surface area contributed by atoms with Gasteiger partial charge >= 0.3 is 0 Å². The van der Waals surface area contributed by atoms with E-state index in [1.54, 1.807) is 4.91 Å². The Morgan fingerprint density at radius 3 is 2.00 bits per heavy atom. The van der Waals surface area contributed by atoms with E-state index >= 15 is 0 Å². The van der Waals surface area contributed by atoms with Crippen LogP contribution in [0.3, 0.4) is 0 Å². The molecule has 0 bridgehead atoms. The highest BCUT2D eigenvalue weighted by atomic mass is 33.1. The Hall–Kier alpha value is 0.440. The molecule has 1 unspecified atom stereocenters. The highest BCUT2D eigenvalue weighted by Gasteiger charge is 2.16. The van der Waals surface area contributed by atoms with Gasteiger partial charge < -0.3 is 0 Å². The predicted octanol–water partition coefficient (Wildman–Crippen LogP) is 8.14. The fourth-order valence-electron chi connectivity index (χ4n) is 2.85. The Labute approximate surface area is 141 Å². The Kier molecular flexibility index (Phi) is 13.0. The van der Waals surface area contributed by atoms with E-state index in [0.717, 1.165) is 5.25 Å². The van der Waals surface area contributed by atoms with Gasteiger partial charge in [0.25, 0.3) is 0 Å². The molecule has 0 amide bonds. The third-order valence-electron chi connectivity index (χ3n) is 4.27. The lowest BCUT2D eigenvalue weighted by Gasteiger charge is -2.05. The second kappa shape index (κ2) is 14.1. The predicted molar refractivity (Wildman–Crippen MR) is 103 cm³/mol. The smallest absolute Gasteiger partial charge is 0.0345 e. The molecule has 1 aliphatic heterocycles. The monoisotopic (exact) mass is 328 g/mol. The lowest BCUT2D eigenvalue weighted by molar-refractivity contribution is 0.594. The summed E-state index contributed by atoms with van der Waals surface area (Å²) < 4.78 is 0. The van der Waals surface area contributed by atoms with Gasteiger partial charge in [0.15, 0.2) is 0 Å². The van der Waals surface area contributed by atoms with E-state index in [-0.39, 0.29) is 0 Å². The Morgan fingerprint density at radius 2 is 1.33 bits per heavy atom. The van der Waals surface area contributed by atoms with Crippen LogP contribution in [0.1, 0.15) is 104 Å². The average Bonchev–Trinajstić information content (AvgIpc) is 2.94. The molecule has 1 heterocycles. The van der Waals surface area contributed by atoms with Gasteiger partial charge in [0, 0.05) is 5.25 Å². The summed E-state index contributed by atoms with van der Waals surface area (Å²) in [5.74, 6) is 0. The highest BCUT2D eigenvalue weighted by molar-refractivity contribution is 8.78. The first kappa shape index (κ1) is 19.5. The van der Waals surface area contributed by atoms with Gasteiger partial charge in [0.1, 0.15) is 0 Å². The lowest BCUT2D eigenvalue weighted by atomic mass is 10.1. The molecule has 0 aromatic carbocycles. The number of allylic oxidation sites excluding steroid dienone is 1. The van der Waals surface area contributed by atoms with Gasteiger partial charge in [-0.25, -0.2) is 0 Å². The normalized spacial score (nSPS) is 18.2. The van der Waals surface area contributed by atoms with Crippen molar-refractivity contribution in [3.63, 3.8) is 0 Å². The molecule has 0 N–H and O–H groups in total. The number of unbranched alkanes of at least 4 members (excludes halogenated alkanes) is 10. The minimum atomic E-state index is 0.816. The van der Waals surface area contributed by atoms with E-state index in [0.29, 0.717) is 0 Å². The molecule has 1 rings (SSSR count). The van der Waals surface area contributed by atoms with Gasteiger partial charge in [0.05, 0.1) is 0 Å². The van der Waals surface area contributed by atoms with Crippen LogP contribution in [0.5, 0.6) is 0 Å². The van der Waals surface area contributed by atoms with Crippen LogP contribution in [0.4, 0.5) is 0 Å². The largest absolute Gasteiger partial charge is 0.0816 e. The van der Waals surface area contributed by atoms with Gasteiger partial charge in [-0.2, -0.15) is 0 Å². The quantitative estimate of drug-likeness (QED) is 0.233. The summed E-state index contributed by atoms with van der Waals surface area (Å²) >= 11 is 0. The van der Waals surface area contributed by atoms with Crippen molar-refractivity contribution in [2.45, 2.75) is 109 Å². The maximum Gasteiger partial charge on any atom is 0.0345 e. The van der Waals surface area contributed by atoms with E-state index < -0.39 is 0 Å². The van der Waals surface area contributed by atoms with Crippen molar-refractivity contribution in [3.8, 4) is 0 Å². The molecular weight excluding hydrogens is 292 g/mol. The van der Waals surface area contributed by atoms with Gasteiger partial charge in [0.2, 0.25) is 0 Å². The summed E-state index contributed by atoms with van der Waals surface area (Å²) in [6, 6.07) is 0. The van der Waals surface area contributed by atoms with Gasteiger partial charge in [-0.1, -0.05) is 112 Å². The van der Waals surface area contributed by atoms with E-state index in [2.05, 4.69) is 41.5 Å². The molecule has 2 heteroatoms. The number of rotatable bonds is 14. The van der Waals surface area contributed by atoms with Crippen LogP contribution in [0.25, 0.3) is 0 Å². The van der Waals surface area contributed by atoms with E-state index in [1.807, 2.05) is 0 Å². The maximum absolute atomic E-state index is 2.58. The maximum atomic E-state index is 2.58. The first-order valence-electron chi connectivity index (χ1n) is 9.40. The minimum Gasteiger partial charge on any atom is -0.0816 e. The van der Waals surface area contributed by atoms with Gasteiger partial charge in [-0.05, 0) is 24.2 Å². The molecule has 0 spiro atoms. The molecule has 0 aromatic heterocycles. The summed E-state index contributed by atoms with van der Waals surface area (Å²) in [7, 11) is 4.18. The molecule has 0 radical (unpaired) electrons. The van der Waals surface area contributed by atoms with Crippen LogP contribution >= 0.6 is 21.6 Å². The van der Waals surface area contributed by atoms with E-state index in [4.69, 9.17) is 0 Å². The van der Waals surface area contributed by atoms with E-state index in [1.165, 1.54) is 89.9 Å². The Bertz CT molecular complexity index is 260. The van der Waals surface area contributed by atoms with Gasteiger partial charge in [-0.3, -0.25) is 0 Å². The SMILES string of the molecule is CCCCCCCCC1=CC(CCCCCCCC)SS1. The number of hydrogen-bond acceptors (Lipinski definition) is 2. The summed E-state index contributed by atoms with van der Waals surface area (Å²) in [6.07, 6.45) is 22.4. The van der Waals surface area contributed by atoms with Crippen LogP contribution in [0.15, 0.2) is 11.0 Å². The van der Waals surface area contributed by atoms with Crippen molar-refractivity contribution >= 4 is 21.6 Å². The average molecular weight is 329 g/mol. The molecule has 124 valence electrons. The molecule has 1 atom stereocenters. The van der Waals surface area contributed by atoms with Crippen molar-refractivity contribution in [3.05, 3.63) is 11.0 Å². The van der Waals surface area contributed by atoms with Crippen molar-refractivity contribution in [1.29, 1.82) is 0 Å². The molecule has 0 fully saturated rings. The standard InChI is InChI=1S/C19H36S2/c1-3-5-7-9-11-13-15-18-17-19(21-20-18)16-14-12-10-8-6-4-2/h17-18H,3-16H2,1-2H3. The first-order valence-corrected chi connectivity index (χ1v) is 11.6. The first-order chi connectivity index (χ1) is 10.4. The van der Waals surface area contributed by atoms with Crippen LogP contribution in [-0.2, 0) is 0 Å². The third kappa shape index (κ3) is 10.7. The van der Waals surface area contributed by atoms with Gasteiger partial charge in [-0.15, -0.1) is 0 Å². The van der Waals surface area contributed by atoms with Crippen molar-refractivity contribution < 1.29 is 0 Å². The zero-order chi connectivity index (χ0) is 15.2. The molecule has 0 saturated heterocycles. The number of hydrogen-bond donors (Lipinski definition) is 0.